The minimum absolute atomic E-state index is 0.232. The summed E-state index contributed by atoms with van der Waals surface area (Å²) in [5.41, 5.74) is 5.39. The van der Waals surface area contributed by atoms with E-state index in [1.54, 1.807) is 12.1 Å². The van der Waals surface area contributed by atoms with Crippen LogP contribution in [0.25, 0.3) is 0 Å². The molecule has 1 amide bonds. The summed E-state index contributed by atoms with van der Waals surface area (Å²) in [4.78, 5) is 11.0. The van der Waals surface area contributed by atoms with Crippen LogP contribution in [0.1, 0.15) is 10.4 Å². The quantitative estimate of drug-likeness (QED) is 0.850. The Morgan fingerprint density at radius 2 is 2.23 bits per heavy atom. The second kappa shape index (κ2) is 4.15. The molecule has 5 heteroatoms. The van der Waals surface area contributed by atoms with Gasteiger partial charge in [-0.05, 0) is 34.7 Å². The number of methoxy groups -OCH3 is 1. The lowest BCUT2D eigenvalue weighted by Gasteiger charge is -2.08. The third kappa shape index (κ3) is 2.05. The van der Waals surface area contributed by atoms with Crippen LogP contribution in [0.5, 0.6) is 5.75 Å². The number of nitrogens with two attached hydrogens (primary N) is 1. The highest BCUT2D eigenvalue weighted by molar-refractivity contribution is 14.1. The van der Waals surface area contributed by atoms with Gasteiger partial charge in [-0.1, -0.05) is 11.6 Å². The minimum atomic E-state index is -0.583. The lowest BCUT2D eigenvalue weighted by molar-refractivity contribution is 0.0997. The van der Waals surface area contributed by atoms with Crippen molar-refractivity contribution in [2.24, 2.45) is 5.73 Å². The molecule has 13 heavy (non-hydrogen) atoms. The Kier molecular flexibility index (Phi) is 3.38. The summed E-state index contributed by atoms with van der Waals surface area (Å²) in [5, 5.41) is 0.310. The van der Waals surface area contributed by atoms with E-state index in [-0.39, 0.29) is 5.56 Å². The first kappa shape index (κ1) is 10.6. The predicted molar refractivity (Wildman–Crippen MR) is 59.2 cm³/mol. The van der Waals surface area contributed by atoms with Gasteiger partial charge in [-0.15, -0.1) is 0 Å². The van der Waals surface area contributed by atoms with Crippen LogP contribution in [-0.4, -0.2) is 13.0 Å². The summed E-state index contributed by atoms with van der Waals surface area (Å²) in [5.74, 6) is -0.152. The maximum Gasteiger partial charge on any atom is 0.254 e. The maximum absolute atomic E-state index is 11.0. The van der Waals surface area contributed by atoms with Crippen LogP contribution in [0.15, 0.2) is 12.1 Å². The number of halogens is 2. The summed E-state index contributed by atoms with van der Waals surface area (Å²) in [6.07, 6.45) is 0. The molecule has 0 unspecified atom stereocenters. The Labute approximate surface area is 94.3 Å². The molecule has 0 atom stereocenters. The molecule has 0 spiro atoms. The summed E-state index contributed by atoms with van der Waals surface area (Å²) >= 11 is 7.84. The van der Waals surface area contributed by atoms with Gasteiger partial charge in [-0.3, -0.25) is 4.79 Å². The zero-order valence-electron chi connectivity index (χ0n) is 6.80. The Morgan fingerprint density at radius 3 is 2.62 bits per heavy atom. The van der Waals surface area contributed by atoms with Crippen LogP contribution >= 0.6 is 34.2 Å². The Bertz CT molecular complexity index is 354. The first-order chi connectivity index (χ1) is 6.07. The van der Waals surface area contributed by atoms with E-state index in [1.165, 1.54) is 7.11 Å². The van der Waals surface area contributed by atoms with Gasteiger partial charge in [0.15, 0.2) is 0 Å². The van der Waals surface area contributed by atoms with Crippen molar-refractivity contribution < 1.29 is 9.53 Å². The van der Waals surface area contributed by atoms with Gasteiger partial charge in [0.1, 0.15) is 11.3 Å². The van der Waals surface area contributed by atoms with E-state index < -0.39 is 5.91 Å². The lowest BCUT2D eigenvalue weighted by atomic mass is 10.2. The molecule has 0 fully saturated rings. The molecule has 0 saturated heterocycles. The van der Waals surface area contributed by atoms with Crippen LogP contribution in [-0.2, 0) is 0 Å². The number of carbonyl (C=O) groups is 1. The fourth-order valence-corrected chi connectivity index (χ4v) is 1.87. The molecule has 0 aliphatic heterocycles. The molecule has 0 bridgehead atoms. The largest absolute Gasteiger partial charge is 0.495 e. The second-order valence-electron chi connectivity index (χ2n) is 2.30. The zero-order chi connectivity index (χ0) is 10.0. The molecule has 3 nitrogen and oxygen atoms in total. The third-order valence-electron chi connectivity index (χ3n) is 1.51. The van der Waals surface area contributed by atoms with E-state index in [2.05, 4.69) is 0 Å². The standard InChI is InChI=1S/C8H7ClINO2/c1-13-7-5(10)3-2-4(9)6(7)8(11)12/h2-3H,1H3,(H2,11,12). The van der Waals surface area contributed by atoms with E-state index >= 15 is 0 Å². The van der Waals surface area contributed by atoms with Crippen molar-refractivity contribution in [2.75, 3.05) is 7.11 Å². The first-order valence-electron chi connectivity index (χ1n) is 3.39. The third-order valence-corrected chi connectivity index (χ3v) is 2.67. The summed E-state index contributed by atoms with van der Waals surface area (Å²) < 4.78 is 5.83. The molecule has 2 N–H and O–H groups in total. The van der Waals surface area contributed by atoms with Crippen LogP contribution < -0.4 is 10.5 Å². The minimum Gasteiger partial charge on any atom is -0.495 e. The second-order valence-corrected chi connectivity index (χ2v) is 3.87. The van der Waals surface area contributed by atoms with Crippen molar-refractivity contribution in [3.63, 3.8) is 0 Å². The predicted octanol–water partition coefficient (Wildman–Crippen LogP) is 2.05. The van der Waals surface area contributed by atoms with Gasteiger partial charge in [0.05, 0.1) is 15.7 Å². The number of amides is 1. The van der Waals surface area contributed by atoms with Crippen LogP contribution in [0.3, 0.4) is 0 Å². The molecule has 0 aromatic heterocycles. The van der Waals surface area contributed by atoms with E-state index in [4.69, 9.17) is 22.1 Å². The van der Waals surface area contributed by atoms with Crippen LogP contribution in [0.2, 0.25) is 5.02 Å². The Balaban J connectivity index is 3.43. The number of benzene rings is 1. The summed E-state index contributed by atoms with van der Waals surface area (Å²) in [6, 6.07) is 3.38. The summed E-state index contributed by atoms with van der Waals surface area (Å²) in [7, 11) is 1.47. The van der Waals surface area contributed by atoms with Crippen LogP contribution in [0.4, 0.5) is 0 Å². The van der Waals surface area contributed by atoms with Gasteiger partial charge < -0.3 is 10.5 Å². The molecule has 0 radical (unpaired) electrons. The zero-order valence-corrected chi connectivity index (χ0v) is 9.72. The van der Waals surface area contributed by atoms with Gasteiger partial charge in [0.25, 0.3) is 5.91 Å². The fourth-order valence-electron chi connectivity index (χ4n) is 0.962. The van der Waals surface area contributed by atoms with Crippen molar-refractivity contribution in [3.8, 4) is 5.75 Å². The van der Waals surface area contributed by atoms with Crippen molar-refractivity contribution in [3.05, 3.63) is 26.3 Å². The average molecular weight is 312 g/mol. The number of rotatable bonds is 2. The SMILES string of the molecule is COc1c(I)ccc(Cl)c1C(N)=O. The number of ether oxygens (including phenoxy) is 1. The van der Waals surface area contributed by atoms with Gasteiger partial charge in [0, 0.05) is 0 Å². The fraction of sp³-hybridized carbons (Fsp3) is 0.125. The highest BCUT2D eigenvalue weighted by atomic mass is 127. The van der Waals surface area contributed by atoms with Gasteiger partial charge in [-0.25, -0.2) is 0 Å². The van der Waals surface area contributed by atoms with Gasteiger partial charge in [0.2, 0.25) is 0 Å². The van der Waals surface area contributed by atoms with E-state index in [1.807, 2.05) is 22.6 Å². The topological polar surface area (TPSA) is 52.3 Å². The number of hydrogen-bond acceptors (Lipinski definition) is 2. The van der Waals surface area contributed by atoms with Gasteiger partial charge >= 0.3 is 0 Å². The molecule has 0 heterocycles. The molecule has 0 aliphatic carbocycles. The smallest absolute Gasteiger partial charge is 0.254 e. The van der Waals surface area contributed by atoms with Crippen LogP contribution in [0, 0.1) is 3.57 Å². The Morgan fingerprint density at radius 1 is 1.62 bits per heavy atom. The molecule has 1 aromatic carbocycles. The molecule has 1 aromatic rings. The number of hydrogen-bond donors (Lipinski definition) is 1. The lowest BCUT2D eigenvalue weighted by Crippen LogP contribution is -2.13. The van der Waals surface area contributed by atoms with E-state index in [9.17, 15) is 4.79 Å². The van der Waals surface area contributed by atoms with Crippen molar-refractivity contribution >= 4 is 40.1 Å². The van der Waals surface area contributed by atoms with Crippen molar-refractivity contribution in [2.45, 2.75) is 0 Å². The normalized spacial score (nSPS) is 9.77. The molecule has 0 aliphatic rings. The van der Waals surface area contributed by atoms with Gasteiger partial charge in [-0.2, -0.15) is 0 Å². The molecule has 0 saturated carbocycles. The Hall–Kier alpha value is -0.490. The molecule has 70 valence electrons. The molecular formula is C8H7ClINO2. The number of primary amides is 1. The maximum atomic E-state index is 11.0. The monoisotopic (exact) mass is 311 g/mol. The van der Waals surface area contributed by atoms with E-state index in [0.29, 0.717) is 10.8 Å². The summed E-state index contributed by atoms with van der Waals surface area (Å²) in [6.45, 7) is 0. The van der Waals surface area contributed by atoms with Crippen molar-refractivity contribution in [1.29, 1.82) is 0 Å². The van der Waals surface area contributed by atoms with Crippen molar-refractivity contribution in [1.82, 2.24) is 0 Å². The average Bonchev–Trinajstić information content (AvgIpc) is 2.07. The number of carbonyl (C=O) groups excluding carboxylic acids is 1. The highest BCUT2D eigenvalue weighted by Crippen LogP contribution is 2.30. The van der Waals surface area contributed by atoms with E-state index in [0.717, 1.165) is 3.57 Å². The highest BCUT2D eigenvalue weighted by Gasteiger charge is 2.15. The molecular weight excluding hydrogens is 304 g/mol. The molecule has 1 rings (SSSR count). The first-order valence-corrected chi connectivity index (χ1v) is 4.85.